The van der Waals surface area contributed by atoms with E-state index in [4.69, 9.17) is 4.74 Å². The summed E-state index contributed by atoms with van der Waals surface area (Å²) in [6, 6.07) is 7.72. The van der Waals surface area contributed by atoms with E-state index in [1.807, 2.05) is 24.3 Å². The quantitative estimate of drug-likeness (QED) is 0.829. The van der Waals surface area contributed by atoms with Gasteiger partial charge in [-0.05, 0) is 30.9 Å². The van der Waals surface area contributed by atoms with Gasteiger partial charge in [0.15, 0.2) is 0 Å². The van der Waals surface area contributed by atoms with Crippen molar-refractivity contribution in [3.8, 4) is 0 Å². The number of carbonyl (C=O) groups is 2. The average molecular weight is 329 g/mol. The van der Waals surface area contributed by atoms with E-state index in [1.54, 1.807) is 13.8 Å². The third-order valence-corrected chi connectivity index (χ3v) is 4.33. The van der Waals surface area contributed by atoms with Crippen LogP contribution in [-0.4, -0.2) is 24.2 Å². The number of nitrogens with one attached hydrogen (secondary N) is 1. The van der Waals surface area contributed by atoms with Gasteiger partial charge in [0.1, 0.15) is 0 Å². The number of hydrogen-bond donors (Lipinski definition) is 2. The lowest BCUT2D eigenvalue weighted by Crippen LogP contribution is -2.31. The summed E-state index contributed by atoms with van der Waals surface area (Å²) in [5.74, 6) is -1.85. The highest BCUT2D eigenvalue weighted by atomic mass is 16.5. The first kappa shape index (κ1) is 17.8. The summed E-state index contributed by atoms with van der Waals surface area (Å²) in [6.07, 6.45) is 0. The van der Waals surface area contributed by atoms with Gasteiger partial charge >= 0.3 is 11.9 Å². The molecule has 5 heteroatoms. The van der Waals surface area contributed by atoms with Crippen molar-refractivity contribution in [2.75, 3.05) is 7.11 Å². The number of hydrogen-bond acceptors (Lipinski definition) is 4. The normalized spacial score (nSPS) is 17.8. The molecular formula is C19H23NO4. The van der Waals surface area contributed by atoms with E-state index in [-0.39, 0.29) is 5.57 Å². The van der Waals surface area contributed by atoms with Gasteiger partial charge in [0.25, 0.3) is 0 Å². The summed E-state index contributed by atoms with van der Waals surface area (Å²) in [7, 11) is 1.30. The largest absolute Gasteiger partial charge is 0.478 e. The van der Waals surface area contributed by atoms with Crippen LogP contribution in [0.5, 0.6) is 0 Å². The van der Waals surface area contributed by atoms with E-state index in [0.717, 1.165) is 11.1 Å². The molecule has 0 fully saturated rings. The Morgan fingerprint density at radius 2 is 1.62 bits per heavy atom. The third-order valence-electron chi connectivity index (χ3n) is 4.33. The van der Waals surface area contributed by atoms with Crippen LogP contribution in [0.25, 0.3) is 0 Å². The number of carboxylic acids is 1. The molecule has 5 nitrogen and oxygen atoms in total. The van der Waals surface area contributed by atoms with Crippen molar-refractivity contribution in [3.63, 3.8) is 0 Å². The van der Waals surface area contributed by atoms with E-state index in [9.17, 15) is 14.7 Å². The highest BCUT2D eigenvalue weighted by Gasteiger charge is 2.36. The topological polar surface area (TPSA) is 75.6 Å². The van der Waals surface area contributed by atoms with Gasteiger partial charge in [-0.25, -0.2) is 9.59 Å². The number of methoxy groups -OCH3 is 1. The van der Waals surface area contributed by atoms with Crippen LogP contribution in [-0.2, 0) is 14.3 Å². The lowest BCUT2D eigenvalue weighted by atomic mass is 9.80. The van der Waals surface area contributed by atoms with Gasteiger partial charge in [-0.1, -0.05) is 38.1 Å². The maximum absolute atomic E-state index is 12.3. The summed E-state index contributed by atoms with van der Waals surface area (Å²) in [4.78, 5) is 24.1. The number of rotatable bonds is 4. The molecule has 0 spiro atoms. The fourth-order valence-corrected chi connectivity index (χ4v) is 3.06. The zero-order chi connectivity index (χ0) is 18.0. The van der Waals surface area contributed by atoms with Crippen LogP contribution >= 0.6 is 0 Å². The maximum Gasteiger partial charge on any atom is 0.336 e. The molecule has 1 aliphatic rings. The Morgan fingerprint density at radius 1 is 1.08 bits per heavy atom. The molecule has 1 atom stereocenters. The van der Waals surface area contributed by atoms with E-state index in [0.29, 0.717) is 22.9 Å². The van der Waals surface area contributed by atoms with Crippen molar-refractivity contribution >= 4 is 11.9 Å². The van der Waals surface area contributed by atoms with E-state index in [1.165, 1.54) is 7.11 Å². The molecule has 1 aliphatic heterocycles. The Bertz CT molecular complexity index is 726. The molecule has 0 aliphatic carbocycles. The molecule has 1 heterocycles. The predicted molar refractivity (Wildman–Crippen MR) is 91.5 cm³/mol. The maximum atomic E-state index is 12.3. The predicted octanol–water partition coefficient (Wildman–Crippen LogP) is 3.30. The van der Waals surface area contributed by atoms with Crippen molar-refractivity contribution in [2.45, 2.75) is 39.5 Å². The summed E-state index contributed by atoms with van der Waals surface area (Å²) in [5, 5.41) is 12.7. The number of benzene rings is 1. The first-order chi connectivity index (χ1) is 11.3. The molecule has 128 valence electrons. The summed E-state index contributed by atoms with van der Waals surface area (Å²) >= 11 is 0. The molecule has 1 unspecified atom stereocenters. The highest BCUT2D eigenvalue weighted by molar-refractivity contribution is 5.99. The molecule has 1 aromatic rings. The van der Waals surface area contributed by atoms with Crippen LogP contribution in [0.4, 0.5) is 0 Å². The first-order valence-electron chi connectivity index (χ1n) is 7.87. The van der Waals surface area contributed by atoms with Gasteiger partial charge in [-0.15, -0.1) is 0 Å². The summed E-state index contributed by atoms with van der Waals surface area (Å²) in [6.45, 7) is 7.65. The van der Waals surface area contributed by atoms with Crippen LogP contribution in [0.2, 0.25) is 0 Å². The minimum absolute atomic E-state index is 0.165. The fourth-order valence-electron chi connectivity index (χ4n) is 3.06. The van der Waals surface area contributed by atoms with Crippen LogP contribution in [0.1, 0.15) is 50.7 Å². The molecule has 1 aromatic carbocycles. The minimum atomic E-state index is -1.05. The second-order valence-electron chi connectivity index (χ2n) is 6.25. The number of aliphatic carboxylic acids is 1. The van der Waals surface area contributed by atoms with Crippen LogP contribution in [0, 0.1) is 0 Å². The molecular weight excluding hydrogens is 306 g/mol. The van der Waals surface area contributed by atoms with Gasteiger partial charge < -0.3 is 15.2 Å². The lowest BCUT2D eigenvalue weighted by Gasteiger charge is -2.29. The highest BCUT2D eigenvalue weighted by Crippen LogP contribution is 2.38. The van der Waals surface area contributed by atoms with E-state index < -0.39 is 17.9 Å². The van der Waals surface area contributed by atoms with E-state index >= 15 is 0 Å². The van der Waals surface area contributed by atoms with Crippen molar-refractivity contribution in [1.82, 2.24) is 5.32 Å². The Kier molecular flexibility index (Phi) is 5.12. The number of carbonyl (C=O) groups excluding carboxylic acids is 1. The molecule has 2 N–H and O–H groups in total. The minimum Gasteiger partial charge on any atom is -0.478 e. The monoisotopic (exact) mass is 329 g/mol. The van der Waals surface area contributed by atoms with Gasteiger partial charge in [-0.3, -0.25) is 0 Å². The average Bonchev–Trinajstić information content (AvgIpc) is 2.53. The molecule has 0 aromatic heterocycles. The SMILES string of the molecule is COC(=O)C1=C(C)NC(C)=C(C(=O)O)C1c1ccc(C(C)C)cc1. The first-order valence-corrected chi connectivity index (χ1v) is 7.87. The van der Waals surface area contributed by atoms with Gasteiger partial charge in [0, 0.05) is 11.4 Å². The van der Waals surface area contributed by atoms with Crippen LogP contribution in [0.3, 0.4) is 0 Å². The fraction of sp³-hybridized carbons (Fsp3) is 0.368. The molecule has 0 radical (unpaired) electrons. The lowest BCUT2D eigenvalue weighted by molar-refractivity contribution is -0.136. The van der Waals surface area contributed by atoms with E-state index in [2.05, 4.69) is 19.2 Å². The molecule has 0 bridgehead atoms. The van der Waals surface area contributed by atoms with Crippen LogP contribution < -0.4 is 5.32 Å². The Labute approximate surface area is 142 Å². The van der Waals surface area contributed by atoms with Crippen molar-refractivity contribution < 1.29 is 19.4 Å². The molecule has 0 saturated carbocycles. The molecule has 2 rings (SSSR count). The van der Waals surface area contributed by atoms with Crippen molar-refractivity contribution in [1.29, 1.82) is 0 Å². The van der Waals surface area contributed by atoms with Gasteiger partial charge in [0.2, 0.25) is 0 Å². The second-order valence-corrected chi connectivity index (χ2v) is 6.25. The summed E-state index contributed by atoms with van der Waals surface area (Å²) < 4.78 is 4.88. The molecule has 0 saturated heterocycles. The van der Waals surface area contributed by atoms with Crippen molar-refractivity contribution in [3.05, 3.63) is 57.9 Å². The number of carboxylic acid groups (broad SMARTS) is 1. The number of allylic oxidation sites excluding steroid dienone is 2. The number of esters is 1. The Balaban J connectivity index is 2.62. The van der Waals surface area contributed by atoms with Gasteiger partial charge in [-0.2, -0.15) is 0 Å². The molecule has 0 amide bonds. The van der Waals surface area contributed by atoms with Crippen molar-refractivity contribution in [2.24, 2.45) is 0 Å². The number of ether oxygens (including phenoxy) is 1. The number of dihydropyridines is 1. The molecule has 24 heavy (non-hydrogen) atoms. The van der Waals surface area contributed by atoms with Gasteiger partial charge in [0.05, 0.1) is 24.2 Å². The zero-order valence-electron chi connectivity index (χ0n) is 14.6. The van der Waals surface area contributed by atoms with Crippen LogP contribution in [0.15, 0.2) is 46.8 Å². The summed E-state index contributed by atoms with van der Waals surface area (Å²) in [5.41, 5.74) is 3.56. The standard InChI is InChI=1S/C19H23NO4/c1-10(2)13-6-8-14(9-7-13)17-15(18(21)22)11(3)20-12(4)16(17)19(23)24-5/h6-10,17,20H,1-5H3,(H,21,22). The third kappa shape index (κ3) is 3.20. The zero-order valence-corrected chi connectivity index (χ0v) is 14.6. The second kappa shape index (κ2) is 6.91. The Hall–Kier alpha value is -2.56. The smallest absolute Gasteiger partial charge is 0.336 e. The Morgan fingerprint density at radius 3 is 2.08 bits per heavy atom.